The number of ketones is 2. The molecule has 2 fully saturated rings. The lowest BCUT2D eigenvalue weighted by Gasteiger charge is -2.36. The predicted molar refractivity (Wildman–Crippen MR) is 66.8 cm³/mol. The lowest BCUT2D eigenvalue weighted by molar-refractivity contribution is -0.149. The highest BCUT2D eigenvalue weighted by Gasteiger charge is 2.72. The maximum Gasteiger partial charge on any atom is 0.235 e. The molecule has 2 aliphatic carbocycles. The summed E-state index contributed by atoms with van der Waals surface area (Å²) in [5.41, 5.74) is -2.09. The average molecular weight is 251 g/mol. The molecule has 0 aromatic rings. The number of fused-ring (bicyclic) bond motifs is 2. The summed E-state index contributed by atoms with van der Waals surface area (Å²) in [7, 11) is 0. The van der Waals surface area contributed by atoms with Crippen LogP contribution in [0.25, 0.3) is 0 Å². The number of Topliss-reactive ketones (excluding diaryl/α,β-unsaturated/α-hetero) is 2. The van der Waals surface area contributed by atoms with E-state index in [1.807, 2.05) is 34.6 Å². The van der Waals surface area contributed by atoms with Gasteiger partial charge in [-0.3, -0.25) is 14.4 Å². The molecule has 0 saturated heterocycles. The summed E-state index contributed by atoms with van der Waals surface area (Å²) in [4.78, 5) is 36.7. The van der Waals surface area contributed by atoms with Crippen LogP contribution in [0.5, 0.6) is 0 Å². The van der Waals surface area contributed by atoms with E-state index in [0.29, 0.717) is 12.8 Å². The molecule has 2 atom stereocenters. The molecule has 100 valence electrons. The van der Waals surface area contributed by atoms with E-state index < -0.39 is 22.2 Å². The second-order valence-electron chi connectivity index (χ2n) is 7.12. The van der Waals surface area contributed by atoms with E-state index in [1.54, 1.807) is 0 Å². The van der Waals surface area contributed by atoms with Crippen molar-refractivity contribution in [3.05, 3.63) is 0 Å². The van der Waals surface area contributed by atoms with Gasteiger partial charge < -0.3 is 5.32 Å². The molecule has 0 radical (unpaired) electrons. The molecular weight excluding hydrogens is 230 g/mol. The van der Waals surface area contributed by atoms with Crippen LogP contribution in [0, 0.1) is 16.7 Å². The molecule has 2 saturated carbocycles. The van der Waals surface area contributed by atoms with Crippen molar-refractivity contribution in [3.8, 4) is 0 Å². The average Bonchev–Trinajstić information content (AvgIpc) is 2.51. The van der Waals surface area contributed by atoms with E-state index in [-0.39, 0.29) is 17.6 Å². The Hall–Kier alpha value is -1.19. The summed E-state index contributed by atoms with van der Waals surface area (Å²) >= 11 is 0. The molecule has 0 aromatic heterocycles. The number of carbonyl (C=O) groups excluding carboxylic acids is 3. The minimum atomic E-state index is -1.14. The van der Waals surface area contributed by atoms with Gasteiger partial charge in [0.15, 0.2) is 0 Å². The summed E-state index contributed by atoms with van der Waals surface area (Å²) in [5.74, 6) is -1.39. The van der Waals surface area contributed by atoms with Gasteiger partial charge in [-0.15, -0.1) is 0 Å². The molecule has 0 spiro atoms. The van der Waals surface area contributed by atoms with Crippen molar-refractivity contribution in [2.45, 2.75) is 53.0 Å². The van der Waals surface area contributed by atoms with Crippen LogP contribution in [0.3, 0.4) is 0 Å². The Morgan fingerprint density at radius 1 is 1.28 bits per heavy atom. The van der Waals surface area contributed by atoms with Gasteiger partial charge in [0.1, 0.15) is 5.41 Å². The Kier molecular flexibility index (Phi) is 2.52. The standard InChI is InChI=1S/C14H21NO3/c1-12(2,3)15-11(18)14-7-6-8(13(14,4)5)9(16)10(14)17/h8H,6-7H2,1-5H3,(H,15,18). The minimum Gasteiger partial charge on any atom is -0.351 e. The second kappa shape index (κ2) is 3.43. The van der Waals surface area contributed by atoms with E-state index in [0.717, 1.165) is 0 Å². The lowest BCUT2D eigenvalue weighted by atomic mass is 9.68. The summed E-state index contributed by atoms with van der Waals surface area (Å²) in [6.45, 7) is 9.37. The SMILES string of the molecule is CC(C)(C)NC(=O)C12CCC(C(=O)C1=O)C2(C)C. The van der Waals surface area contributed by atoms with Gasteiger partial charge in [0.2, 0.25) is 17.5 Å². The van der Waals surface area contributed by atoms with Crippen molar-refractivity contribution in [2.75, 3.05) is 0 Å². The zero-order valence-electron chi connectivity index (χ0n) is 11.7. The number of amides is 1. The first-order valence-corrected chi connectivity index (χ1v) is 6.45. The fourth-order valence-corrected chi connectivity index (χ4v) is 3.53. The number of nitrogens with one attached hydrogen (secondary N) is 1. The van der Waals surface area contributed by atoms with Gasteiger partial charge in [0.05, 0.1) is 0 Å². The summed E-state index contributed by atoms with van der Waals surface area (Å²) < 4.78 is 0. The molecule has 0 aliphatic heterocycles. The zero-order valence-corrected chi connectivity index (χ0v) is 11.7. The predicted octanol–water partition coefficient (Wildman–Crippen LogP) is 1.48. The zero-order chi connectivity index (χ0) is 13.9. The van der Waals surface area contributed by atoms with Gasteiger partial charge in [0, 0.05) is 11.5 Å². The summed E-state index contributed by atoms with van der Waals surface area (Å²) in [6.07, 6.45) is 1.15. The van der Waals surface area contributed by atoms with Crippen LogP contribution in [0.15, 0.2) is 0 Å². The normalized spacial score (nSPS) is 33.9. The van der Waals surface area contributed by atoms with E-state index in [9.17, 15) is 14.4 Å². The Morgan fingerprint density at radius 3 is 2.22 bits per heavy atom. The Labute approximate surface area is 108 Å². The van der Waals surface area contributed by atoms with Crippen LogP contribution >= 0.6 is 0 Å². The maximum atomic E-state index is 12.5. The van der Waals surface area contributed by atoms with Crippen LogP contribution in [-0.4, -0.2) is 23.0 Å². The molecule has 4 nitrogen and oxygen atoms in total. The number of rotatable bonds is 1. The largest absolute Gasteiger partial charge is 0.351 e. The van der Waals surface area contributed by atoms with Crippen molar-refractivity contribution >= 4 is 17.5 Å². The van der Waals surface area contributed by atoms with E-state index >= 15 is 0 Å². The molecule has 2 bridgehead atoms. The molecule has 0 heterocycles. The summed E-state index contributed by atoms with van der Waals surface area (Å²) in [6, 6.07) is 0. The van der Waals surface area contributed by atoms with E-state index in [2.05, 4.69) is 5.32 Å². The molecular formula is C14H21NO3. The first kappa shape index (κ1) is 13.2. The van der Waals surface area contributed by atoms with Crippen LogP contribution in [0.2, 0.25) is 0 Å². The van der Waals surface area contributed by atoms with Gasteiger partial charge in [-0.05, 0) is 39.0 Å². The van der Waals surface area contributed by atoms with Crippen molar-refractivity contribution in [3.63, 3.8) is 0 Å². The fraction of sp³-hybridized carbons (Fsp3) is 0.786. The molecule has 1 N–H and O–H groups in total. The smallest absolute Gasteiger partial charge is 0.235 e. The first-order valence-electron chi connectivity index (χ1n) is 6.45. The maximum absolute atomic E-state index is 12.5. The van der Waals surface area contributed by atoms with Crippen LogP contribution in [-0.2, 0) is 14.4 Å². The van der Waals surface area contributed by atoms with Crippen molar-refractivity contribution in [1.29, 1.82) is 0 Å². The van der Waals surface area contributed by atoms with Crippen LogP contribution in [0.1, 0.15) is 47.5 Å². The van der Waals surface area contributed by atoms with Gasteiger partial charge in [-0.2, -0.15) is 0 Å². The highest BCUT2D eigenvalue weighted by atomic mass is 16.2. The fourth-order valence-electron chi connectivity index (χ4n) is 3.53. The Balaban J connectivity index is 2.44. The lowest BCUT2D eigenvalue weighted by Crippen LogP contribution is -2.55. The molecule has 2 rings (SSSR count). The second-order valence-corrected chi connectivity index (χ2v) is 7.12. The number of hydrogen-bond donors (Lipinski definition) is 1. The molecule has 18 heavy (non-hydrogen) atoms. The Bertz CT molecular complexity index is 444. The van der Waals surface area contributed by atoms with Gasteiger partial charge in [-0.25, -0.2) is 0 Å². The van der Waals surface area contributed by atoms with Crippen molar-refractivity contribution < 1.29 is 14.4 Å². The highest BCUT2D eigenvalue weighted by molar-refractivity contribution is 6.47. The molecule has 0 aromatic carbocycles. The van der Waals surface area contributed by atoms with Crippen LogP contribution in [0.4, 0.5) is 0 Å². The van der Waals surface area contributed by atoms with Gasteiger partial charge in [0.25, 0.3) is 0 Å². The number of carbonyl (C=O) groups is 3. The summed E-state index contributed by atoms with van der Waals surface area (Å²) in [5, 5.41) is 2.87. The molecule has 2 unspecified atom stereocenters. The quantitative estimate of drug-likeness (QED) is 0.567. The molecule has 1 amide bonds. The van der Waals surface area contributed by atoms with Crippen LogP contribution < -0.4 is 5.32 Å². The molecule has 2 aliphatic rings. The van der Waals surface area contributed by atoms with Crippen molar-refractivity contribution in [2.24, 2.45) is 16.7 Å². The third-order valence-electron chi connectivity index (χ3n) is 4.58. The van der Waals surface area contributed by atoms with Gasteiger partial charge >= 0.3 is 0 Å². The van der Waals surface area contributed by atoms with Crippen molar-refractivity contribution in [1.82, 2.24) is 5.32 Å². The minimum absolute atomic E-state index is 0.279. The monoisotopic (exact) mass is 251 g/mol. The Morgan fingerprint density at radius 2 is 1.83 bits per heavy atom. The third kappa shape index (κ3) is 1.41. The third-order valence-corrected chi connectivity index (χ3v) is 4.58. The topological polar surface area (TPSA) is 63.2 Å². The highest BCUT2D eigenvalue weighted by Crippen LogP contribution is 2.62. The van der Waals surface area contributed by atoms with E-state index in [4.69, 9.17) is 0 Å². The van der Waals surface area contributed by atoms with E-state index in [1.165, 1.54) is 0 Å². The number of hydrogen-bond acceptors (Lipinski definition) is 3. The van der Waals surface area contributed by atoms with Gasteiger partial charge in [-0.1, -0.05) is 13.8 Å². The first-order chi connectivity index (χ1) is 8.04. The molecule has 4 heteroatoms.